The van der Waals surface area contributed by atoms with Gasteiger partial charge < -0.3 is 14.4 Å². The van der Waals surface area contributed by atoms with Gasteiger partial charge in [0.15, 0.2) is 0 Å². The van der Waals surface area contributed by atoms with Crippen LogP contribution in [0.15, 0.2) is 36.7 Å². The van der Waals surface area contributed by atoms with Crippen molar-refractivity contribution in [2.45, 2.75) is 38.8 Å². The molecule has 0 saturated carbocycles. The second-order valence-corrected chi connectivity index (χ2v) is 5.58. The van der Waals surface area contributed by atoms with Gasteiger partial charge in [-0.25, -0.2) is 4.98 Å². The monoisotopic (exact) mass is 314 g/mol. The molecule has 1 aromatic carbocycles. The van der Waals surface area contributed by atoms with Crippen molar-refractivity contribution < 1.29 is 23.0 Å². The molecule has 4 nitrogen and oxygen atoms in total. The number of hydrogen-bond acceptors (Lipinski definition) is 3. The number of rotatable bonds is 5. The van der Waals surface area contributed by atoms with Crippen molar-refractivity contribution in [2.24, 2.45) is 0 Å². The molecule has 2 aromatic rings. The van der Waals surface area contributed by atoms with E-state index >= 15 is 0 Å². The van der Waals surface area contributed by atoms with E-state index in [1.807, 2.05) is 0 Å². The van der Waals surface area contributed by atoms with E-state index in [-0.39, 0.29) is 5.75 Å². The van der Waals surface area contributed by atoms with E-state index < -0.39 is 12.0 Å². The van der Waals surface area contributed by atoms with Crippen LogP contribution in [0.3, 0.4) is 0 Å². The van der Waals surface area contributed by atoms with Crippen LogP contribution in [0.2, 0.25) is 0 Å². The van der Waals surface area contributed by atoms with Gasteiger partial charge in [0.25, 0.3) is 0 Å². The highest BCUT2D eigenvalue weighted by Crippen LogP contribution is 2.27. The SMILES string of the molecule is CC(C)(O)CCn1ccnc1-c1cccc(OC(F)(F)F)c1. The van der Waals surface area contributed by atoms with Crippen LogP contribution in [-0.2, 0) is 6.54 Å². The molecule has 7 heteroatoms. The zero-order valence-corrected chi connectivity index (χ0v) is 12.3. The Morgan fingerprint density at radius 3 is 2.64 bits per heavy atom. The average molecular weight is 314 g/mol. The second kappa shape index (κ2) is 6.00. The lowest BCUT2D eigenvalue weighted by atomic mass is 10.1. The summed E-state index contributed by atoms with van der Waals surface area (Å²) in [6, 6.07) is 5.66. The largest absolute Gasteiger partial charge is 0.573 e. The van der Waals surface area contributed by atoms with E-state index in [9.17, 15) is 18.3 Å². The fourth-order valence-corrected chi connectivity index (χ4v) is 1.98. The molecule has 22 heavy (non-hydrogen) atoms. The number of benzene rings is 1. The van der Waals surface area contributed by atoms with Crippen LogP contribution in [-0.4, -0.2) is 26.6 Å². The van der Waals surface area contributed by atoms with Crippen molar-refractivity contribution >= 4 is 0 Å². The second-order valence-electron chi connectivity index (χ2n) is 5.58. The Morgan fingerprint density at radius 2 is 2.00 bits per heavy atom. The van der Waals surface area contributed by atoms with Crippen molar-refractivity contribution in [3.8, 4) is 17.1 Å². The molecule has 1 heterocycles. The Bertz CT molecular complexity index is 630. The summed E-state index contributed by atoms with van der Waals surface area (Å²) in [5, 5.41) is 9.77. The standard InChI is InChI=1S/C15H17F3N2O2/c1-14(2,21)6-8-20-9-7-19-13(20)11-4-3-5-12(10-11)22-15(16,17)18/h3-5,7,9-10,21H,6,8H2,1-2H3. The van der Waals surface area contributed by atoms with Gasteiger partial charge in [-0.05, 0) is 32.4 Å². The Kier molecular flexibility index (Phi) is 4.46. The van der Waals surface area contributed by atoms with Crippen LogP contribution in [0.5, 0.6) is 5.75 Å². The summed E-state index contributed by atoms with van der Waals surface area (Å²) in [4.78, 5) is 4.17. The summed E-state index contributed by atoms with van der Waals surface area (Å²) in [6.07, 6.45) is -0.945. The van der Waals surface area contributed by atoms with Gasteiger partial charge in [-0.1, -0.05) is 12.1 Å². The van der Waals surface area contributed by atoms with Gasteiger partial charge in [-0.15, -0.1) is 13.2 Å². The number of aromatic nitrogens is 2. The summed E-state index contributed by atoms with van der Waals surface area (Å²) in [6.45, 7) is 3.89. The van der Waals surface area contributed by atoms with E-state index in [1.165, 1.54) is 18.2 Å². The molecule has 0 bridgehead atoms. The third-order valence-electron chi connectivity index (χ3n) is 3.01. The van der Waals surface area contributed by atoms with Crippen molar-refractivity contribution in [3.63, 3.8) is 0 Å². The fraction of sp³-hybridized carbons (Fsp3) is 0.400. The molecule has 0 unspecified atom stereocenters. The summed E-state index contributed by atoms with van der Waals surface area (Å²) in [5.74, 6) is 0.235. The Hall–Kier alpha value is -2.02. The van der Waals surface area contributed by atoms with Crippen LogP contribution < -0.4 is 4.74 Å². The van der Waals surface area contributed by atoms with E-state index in [0.717, 1.165) is 0 Å². The van der Waals surface area contributed by atoms with Crippen molar-refractivity contribution in [1.82, 2.24) is 9.55 Å². The molecule has 0 atom stereocenters. The number of nitrogens with zero attached hydrogens (tertiary/aromatic N) is 2. The molecule has 0 fully saturated rings. The van der Waals surface area contributed by atoms with Crippen LogP contribution in [0.1, 0.15) is 20.3 Å². The number of aryl methyl sites for hydroxylation is 1. The maximum Gasteiger partial charge on any atom is 0.573 e. The van der Waals surface area contributed by atoms with Crippen LogP contribution >= 0.6 is 0 Å². The Labute approximate surface area is 126 Å². The average Bonchev–Trinajstić information content (AvgIpc) is 2.82. The van der Waals surface area contributed by atoms with Gasteiger partial charge >= 0.3 is 6.36 Å². The smallest absolute Gasteiger partial charge is 0.406 e. The third-order valence-corrected chi connectivity index (χ3v) is 3.01. The summed E-state index contributed by atoms with van der Waals surface area (Å²) in [5.41, 5.74) is -0.314. The highest BCUT2D eigenvalue weighted by atomic mass is 19.4. The van der Waals surface area contributed by atoms with E-state index in [4.69, 9.17) is 0 Å². The normalized spacial score (nSPS) is 12.5. The maximum atomic E-state index is 12.3. The van der Waals surface area contributed by atoms with Crippen LogP contribution in [0.25, 0.3) is 11.4 Å². The number of ether oxygens (including phenoxy) is 1. The van der Waals surface area contributed by atoms with Crippen molar-refractivity contribution in [2.75, 3.05) is 0 Å². The van der Waals surface area contributed by atoms with Crippen molar-refractivity contribution in [1.29, 1.82) is 0 Å². The molecule has 0 saturated heterocycles. The van der Waals surface area contributed by atoms with Crippen molar-refractivity contribution in [3.05, 3.63) is 36.7 Å². The fourth-order valence-electron chi connectivity index (χ4n) is 1.98. The van der Waals surface area contributed by atoms with Gasteiger partial charge in [0.05, 0.1) is 5.60 Å². The van der Waals surface area contributed by atoms with Gasteiger partial charge in [-0.3, -0.25) is 0 Å². The van der Waals surface area contributed by atoms with E-state index in [2.05, 4.69) is 9.72 Å². The molecule has 1 N–H and O–H groups in total. The lowest BCUT2D eigenvalue weighted by Crippen LogP contribution is -2.21. The minimum absolute atomic E-state index is 0.290. The predicted octanol–water partition coefficient (Wildman–Crippen LogP) is 3.61. The number of aliphatic hydroxyl groups is 1. The molecule has 0 aliphatic heterocycles. The number of alkyl halides is 3. The van der Waals surface area contributed by atoms with Gasteiger partial charge in [-0.2, -0.15) is 0 Å². The molecular formula is C15H17F3N2O2. The molecule has 0 aliphatic carbocycles. The highest BCUT2D eigenvalue weighted by Gasteiger charge is 2.31. The molecular weight excluding hydrogens is 297 g/mol. The van der Waals surface area contributed by atoms with Crippen LogP contribution in [0.4, 0.5) is 13.2 Å². The summed E-state index contributed by atoms with van der Waals surface area (Å²) < 4.78 is 42.5. The molecule has 120 valence electrons. The first-order valence-corrected chi connectivity index (χ1v) is 6.74. The van der Waals surface area contributed by atoms with E-state index in [1.54, 1.807) is 36.9 Å². The number of halogens is 3. The van der Waals surface area contributed by atoms with Gasteiger partial charge in [0.2, 0.25) is 0 Å². The van der Waals surface area contributed by atoms with Crippen LogP contribution in [0, 0.1) is 0 Å². The van der Waals surface area contributed by atoms with Gasteiger partial charge in [0.1, 0.15) is 11.6 Å². The maximum absolute atomic E-state index is 12.3. The highest BCUT2D eigenvalue weighted by molar-refractivity contribution is 5.58. The topological polar surface area (TPSA) is 47.3 Å². The third kappa shape index (κ3) is 4.77. The first kappa shape index (κ1) is 16.4. The van der Waals surface area contributed by atoms with E-state index in [0.29, 0.717) is 24.4 Å². The molecule has 0 amide bonds. The lowest BCUT2D eigenvalue weighted by Gasteiger charge is -2.18. The molecule has 0 spiro atoms. The molecule has 1 aromatic heterocycles. The Morgan fingerprint density at radius 1 is 1.27 bits per heavy atom. The molecule has 0 radical (unpaired) electrons. The summed E-state index contributed by atoms with van der Waals surface area (Å²) in [7, 11) is 0. The molecule has 2 rings (SSSR count). The first-order chi connectivity index (χ1) is 10.1. The number of imidazole rings is 1. The zero-order chi connectivity index (χ0) is 16.4. The number of hydrogen-bond donors (Lipinski definition) is 1. The quantitative estimate of drug-likeness (QED) is 0.917. The summed E-state index contributed by atoms with van der Waals surface area (Å²) >= 11 is 0. The lowest BCUT2D eigenvalue weighted by molar-refractivity contribution is -0.274. The molecule has 0 aliphatic rings. The first-order valence-electron chi connectivity index (χ1n) is 6.74. The minimum atomic E-state index is -4.73. The minimum Gasteiger partial charge on any atom is -0.406 e. The van der Waals surface area contributed by atoms with Gasteiger partial charge in [0, 0.05) is 24.5 Å². The predicted molar refractivity (Wildman–Crippen MR) is 75.3 cm³/mol. The Balaban J connectivity index is 2.22. The zero-order valence-electron chi connectivity index (χ0n) is 12.3.